The predicted molar refractivity (Wildman–Crippen MR) is 69.5 cm³/mol. The lowest BCUT2D eigenvalue weighted by atomic mass is 10.2. The fraction of sp³-hybridized carbons (Fsp3) is 0.308. The van der Waals surface area contributed by atoms with Crippen LogP contribution in [-0.4, -0.2) is 30.9 Å². The van der Waals surface area contributed by atoms with Gasteiger partial charge in [-0.1, -0.05) is 30.9 Å². The summed E-state index contributed by atoms with van der Waals surface area (Å²) in [5, 5.41) is 13.8. The Morgan fingerprint density at radius 2 is 2.17 bits per heavy atom. The number of rotatable bonds is 7. The van der Waals surface area contributed by atoms with Gasteiger partial charge in [-0.05, 0) is 6.07 Å². The van der Waals surface area contributed by atoms with Crippen LogP contribution in [0.5, 0.6) is 5.75 Å². The van der Waals surface area contributed by atoms with Crippen LogP contribution in [-0.2, 0) is 6.54 Å². The number of benzene rings is 1. The van der Waals surface area contributed by atoms with E-state index >= 15 is 0 Å². The van der Waals surface area contributed by atoms with Crippen LogP contribution < -0.4 is 15.4 Å². The van der Waals surface area contributed by atoms with Crippen LogP contribution in [0.25, 0.3) is 0 Å². The van der Waals surface area contributed by atoms with Gasteiger partial charge in [-0.2, -0.15) is 0 Å². The second kappa shape index (κ2) is 8.14. The number of carbonyl (C=O) groups is 1. The topological polar surface area (TPSA) is 70.6 Å². The molecule has 0 saturated carbocycles. The van der Waals surface area contributed by atoms with Gasteiger partial charge in [0.2, 0.25) is 0 Å². The molecule has 0 aromatic heterocycles. The molecule has 0 radical (unpaired) electrons. The summed E-state index contributed by atoms with van der Waals surface area (Å²) in [6.07, 6.45) is 1.66. The molecule has 0 aliphatic heterocycles. The molecule has 1 aromatic carbocycles. The zero-order valence-corrected chi connectivity index (χ0v) is 10.2. The van der Waals surface area contributed by atoms with E-state index in [1.54, 1.807) is 6.08 Å². The van der Waals surface area contributed by atoms with Crippen molar-refractivity contribution >= 4 is 6.03 Å². The average molecular weight is 250 g/mol. The highest BCUT2D eigenvalue weighted by atomic mass is 16.5. The first-order chi connectivity index (χ1) is 8.77. The smallest absolute Gasteiger partial charge is 0.315 e. The van der Waals surface area contributed by atoms with E-state index in [1.807, 2.05) is 24.3 Å². The Hall–Kier alpha value is -2.01. The molecule has 0 bridgehead atoms. The highest BCUT2D eigenvalue weighted by Gasteiger charge is 2.04. The first-order valence-corrected chi connectivity index (χ1v) is 5.72. The lowest BCUT2D eigenvalue weighted by molar-refractivity contribution is 0.233. The van der Waals surface area contributed by atoms with Gasteiger partial charge in [0.15, 0.2) is 0 Å². The molecule has 1 aromatic rings. The number of aliphatic hydroxyl groups excluding tert-OH is 1. The summed E-state index contributed by atoms with van der Waals surface area (Å²) in [5.74, 6) is 0.722. The summed E-state index contributed by atoms with van der Waals surface area (Å²) >= 11 is 0. The number of urea groups is 1. The minimum atomic E-state index is -0.317. The highest BCUT2D eigenvalue weighted by Crippen LogP contribution is 2.17. The quantitative estimate of drug-likeness (QED) is 0.633. The van der Waals surface area contributed by atoms with Crippen molar-refractivity contribution < 1.29 is 14.6 Å². The maximum Gasteiger partial charge on any atom is 0.315 e. The number of aliphatic hydroxyl groups is 1. The molecular formula is C13H18N2O3. The van der Waals surface area contributed by atoms with Crippen LogP contribution in [0.4, 0.5) is 4.79 Å². The van der Waals surface area contributed by atoms with Crippen LogP contribution in [0.2, 0.25) is 0 Å². The Bertz CT molecular complexity index is 394. The molecule has 0 spiro atoms. The molecule has 0 heterocycles. The summed E-state index contributed by atoms with van der Waals surface area (Å²) < 4.78 is 5.47. The number of ether oxygens (including phenoxy) is 1. The van der Waals surface area contributed by atoms with Crippen LogP contribution in [0.1, 0.15) is 5.56 Å². The predicted octanol–water partition coefficient (Wildman–Crippen LogP) is 1.04. The molecule has 98 valence electrons. The molecule has 18 heavy (non-hydrogen) atoms. The number of carbonyl (C=O) groups excluding carboxylic acids is 1. The van der Waals surface area contributed by atoms with Crippen molar-refractivity contribution in [2.75, 3.05) is 19.8 Å². The molecule has 0 aliphatic rings. The number of para-hydroxylation sites is 1. The van der Waals surface area contributed by atoms with E-state index in [0.717, 1.165) is 11.3 Å². The zero-order valence-electron chi connectivity index (χ0n) is 10.2. The van der Waals surface area contributed by atoms with Gasteiger partial charge in [0.25, 0.3) is 0 Å². The Labute approximate surface area is 106 Å². The van der Waals surface area contributed by atoms with E-state index in [1.165, 1.54) is 0 Å². The maximum absolute atomic E-state index is 11.3. The summed E-state index contributed by atoms with van der Waals surface area (Å²) in [6, 6.07) is 7.15. The first-order valence-electron chi connectivity index (χ1n) is 5.72. The minimum absolute atomic E-state index is 0.0769. The Balaban J connectivity index is 2.50. The number of hydrogen-bond donors (Lipinski definition) is 3. The largest absolute Gasteiger partial charge is 0.489 e. The van der Waals surface area contributed by atoms with Gasteiger partial charge in [-0.3, -0.25) is 0 Å². The second-order valence-electron chi connectivity index (χ2n) is 3.54. The van der Waals surface area contributed by atoms with Crippen molar-refractivity contribution in [3.05, 3.63) is 42.5 Å². The lowest BCUT2D eigenvalue weighted by Gasteiger charge is -2.11. The minimum Gasteiger partial charge on any atom is -0.489 e. The summed E-state index contributed by atoms with van der Waals surface area (Å²) in [6.45, 7) is 4.53. The normalized spacial score (nSPS) is 9.61. The molecule has 0 saturated heterocycles. The van der Waals surface area contributed by atoms with Gasteiger partial charge >= 0.3 is 6.03 Å². The van der Waals surface area contributed by atoms with Crippen LogP contribution >= 0.6 is 0 Å². The molecule has 0 fully saturated rings. The molecule has 5 nitrogen and oxygen atoms in total. The fourth-order valence-corrected chi connectivity index (χ4v) is 1.35. The molecular weight excluding hydrogens is 232 g/mol. The van der Waals surface area contributed by atoms with Crippen LogP contribution in [0, 0.1) is 0 Å². The molecule has 1 rings (SSSR count). The van der Waals surface area contributed by atoms with E-state index in [-0.39, 0.29) is 19.2 Å². The molecule has 2 amide bonds. The van der Waals surface area contributed by atoms with Gasteiger partial charge < -0.3 is 20.5 Å². The van der Waals surface area contributed by atoms with E-state index in [9.17, 15) is 4.79 Å². The summed E-state index contributed by atoms with van der Waals surface area (Å²) in [4.78, 5) is 11.3. The number of nitrogens with one attached hydrogen (secondary N) is 2. The maximum atomic E-state index is 11.3. The van der Waals surface area contributed by atoms with Gasteiger partial charge in [0.05, 0.1) is 6.61 Å². The summed E-state index contributed by atoms with van der Waals surface area (Å²) in [7, 11) is 0. The van der Waals surface area contributed by atoms with Crippen molar-refractivity contribution in [2.24, 2.45) is 0 Å². The van der Waals surface area contributed by atoms with Crippen molar-refractivity contribution in [1.82, 2.24) is 10.6 Å². The third-order valence-corrected chi connectivity index (χ3v) is 2.17. The Morgan fingerprint density at radius 1 is 1.39 bits per heavy atom. The fourth-order valence-electron chi connectivity index (χ4n) is 1.35. The highest BCUT2D eigenvalue weighted by molar-refractivity contribution is 5.73. The third-order valence-electron chi connectivity index (χ3n) is 2.17. The van der Waals surface area contributed by atoms with Crippen molar-refractivity contribution in [3.8, 4) is 5.75 Å². The second-order valence-corrected chi connectivity index (χ2v) is 3.54. The van der Waals surface area contributed by atoms with Crippen molar-refractivity contribution in [2.45, 2.75) is 6.54 Å². The molecule has 0 atom stereocenters. The average Bonchev–Trinajstić information content (AvgIpc) is 2.41. The third kappa shape index (κ3) is 4.88. The monoisotopic (exact) mass is 250 g/mol. The van der Waals surface area contributed by atoms with E-state index in [2.05, 4.69) is 17.2 Å². The summed E-state index contributed by atoms with van der Waals surface area (Å²) in [5.41, 5.74) is 0.887. The first kappa shape index (κ1) is 14.1. The zero-order chi connectivity index (χ0) is 13.2. The van der Waals surface area contributed by atoms with E-state index in [0.29, 0.717) is 13.2 Å². The number of amides is 2. The molecule has 0 unspecified atom stereocenters. The van der Waals surface area contributed by atoms with Crippen LogP contribution in [0.3, 0.4) is 0 Å². The van der Waals surface area contributed by atoms with E-state index in [4.69, 9.17) is 9.84 Å². The van der Waals surface area contributed by atoms with Gasteiger partial charge in [0, 0.05) is 18.7 Å². The van der Waals surface area contributed by atoms with Gasteiger partial charge in [-0.15, -0.1) is 0 Å². The Kier molecular flexibility index (Phi) is 6.35. The van der Waals surface area contributed by atoms with Gasteiger partial charge in [0.1, 0.15) is 12.4 Å². The number of hydrogen-bond acceptors (Lipinski definition) is 3. The van der Waals surface area contributed by atoms with Gasteiger partial charge in [-0.25, -0.2) is 4.79 Å². The van der Waals surface area contributed by atoms with Crippen molar-refractivity contribution in [3.63, 3.8) is 0 Å². The van der Waals surface area contributed by atoms with Crippen molar-refractivity contribution in [1.29, 1.82) is 0 Å². The molecule has 5 heteroatoms. The standard InChI is InChI=1S/C13H18N2O3/c1-2-9-18-12-6-4-3-5-11(12)10-15-13(17)14-7-8-16/h2-6,16H,1,7-10H2,(H2,14,15,17). The SMILES string of the molecule is C=CCOc1ccccc1CNC(=O)NCCO. The van der Waals surface area contributed by atoms with E-state index < -0.39 is 0 Å². The lowest BCUT2D eigenvalue weighted by Crippen LogP contribution is -2.36. The Morgan fingerprint density at radius 3 is 2.89 bits per heavy atom. The molecule has 3 N–H and O–H groups in total. The molecule has 0 aliphatic carbocycles. The van der Waals surface area contributed by atoms with Crippen LogP contribution in [0.15, 0.2) is 36.9 Å².